The number of ether oxygens (including phenoxy) is 1. The third-order valence-corrected chi connectivity index (χ3v) is 3.81. The maximum Gasteiger partial charge on any atom is 0.326 e. The Labute approximate surface area is 153 Å². The van der Waals surface area contributed by atoms with Crippen molar-refractivity contribution in [1.82, 2.24) is 10.6 Å². The summed E-state index contributed by atoms with van der Waals surface area (Å²) in [6.07, 6.45) is 3.55. The van der Waals surface area contributed by atoms with Crippen molar-refractivity contribution in [2.75, 3.05) is 7.11 Å². The van der Waals surface area contributed by atoms with Crippen LogP contribution in [0.1, 0.15) is 37.6 Å². The maximum absolute atomic E-state index is 12.5. The van der Waals surface area contributed by atoms with Gasteiger partial charge in [0.15, 0.2) is 0 Å². The van der Waals surface area contributed by atoms with Gasteiger partial charge in [0.05, 0.1) is 12.7 Å². The third kappa shape index (κ3) is 5.91. The molecule has 0 heterocycles. The largest absolute Gasteiger partial charge is 0.496 e. The summed E-state index contributed by atoms with van der Waals surface area (Å²) in [6.45, 7) is 5.31. The fourth-order valence-electron chi connectivity index (χ4n) is 2.34. The van der Waals surface area contributed by atoms with E-state index in [-0.39, 0.29) is 12.3 Å². The predicted molar refractivity (Wildman–Crippen MR) is 98.1 cm³/mol. The zero-order chi connectivity index (χ0) is 19.7. The van der Waals surface area contributed by atoms with Crippen molar-refractivity contribution in [2.24, 2.45) is 5.92 Å². The number of carboxylic acid groups (broad SMARTS) is 1. The normalized spacial score (nSPS) is 13.3. The summed E-state index contributed by atoms with van der Waals surface area (Å²) in [5, 5.41) is 14.4. The summed E-state index contributed by atoms with van der Waals surface area (Å²) in [5.74, 6) is -1.97. The van der Waals surface area contributed by atoms with Gasteiger partial charge in [-0.2, -0.15) is 0 Å². The van der Waals surface area contributed by atoms with Gasteiger partial charge in [-0.05, 0) is 31.4 Å². The minimum atomic E-state index is -1.13. The highest BCUT2D eigenvalue weighted by atomic mass is 16.5. The van der Waals surface area contributed by atoms with Crippen molar-refractivity contribution in [3.8, 4) is 5.75 Å². The van der Waals surface area contributed by atoms with Crippen molar-refractivity contribution in [2.45, 2.75) is 39.3 Å². The molecule has 1 aromatic carbocycles. The number of hydrogen-bond donors (Lipinski definition) is 3. The van der Waals surface area contributed by atoms with Crippen molar-refractivity contribution in [1.29, 1.82) is 0 Å². The molecule has 142 valence electrons. The SMILES string of the molecule is C/C=C/CC(NC(=O)C(NC(=O)c1ccccc1OC)C(C)C)C(=O)O. The molecular weight excluding hydrogens is 336 g/mol. The molecule has 0 saturated heterocycles. The van der Waals surface area contributed by atoms with Crippen LogP contribution in [0.25, 0.3) is 0 Å². The van der Waals surface area contributed by atoms with Gasteiger partial charge < -0.3 is 20.5 Å². The molecule has 0 aromatic heterocycles. The van der Waals surface area contributed by atoms with Crippen LogP contribution in [0.15, 0.2) is 36.4 Å². The van der Waals surface area contributed by atoms with E-state index in [0.717, 1.165) is 0 Å². The second kappa shape index (κ2) is 10.2. The first-order chi connectivity index (χ1) is 12.3. The lowest BCUT2D eigenvalue weighted by molar-refractivity contribution is -0.142. The average Bonchev–Trinajstić information content (AvgIpc) is 2.62. The highest BCUT2D eigenvalue weighted by Gasteiger charge is 2.29. The van der Waals surface area contributed by atoms with Crippen molar-refractivity contribution in [3.63, 3.8) is 0 Å². The van der Waals surface area contributed by atoms with Crippen molar-refractivity contribution >= 4 is 17.8 Å². The fraction of sp³-hybridized carbons (Fsp3) is 0.421. The summed E-state index contributed by atoms with van der Waals surface area (Å²) >= 11 is 0. The van der Waals surface area contributed by atoms with E-state index in [1.54, 1.807) is 57.2 Å². The van der Waals surface area contributed by atoms with Gasteiger partial charge in [0.25, 0.3) is 5.91 Å². The van der Waals surface area contributed by atoms with Crippen LogP contribution in [0.4, 0.5) is 0 Å². The Balaban J connectivity index is 2.92. The van der Waals surface area contributed by atoms with Gasteiger partial charge >= 0.3 is 5.97 Å². The van der Waals surface area contributed by atoms with Crippen LogP contribution in [-0.2, 0) is 9.59 Å². The van der Waals surface area contributed by atoms with Crippen LogP contribution in [0, 0.1) is 5.92 Å². The quantitative estimate of drug-likeness (QED) is 0.583. The zero-order valence-corrected chi connectivity index (χ0v) is 15.5. The minimum Gasteiger partial charge on any atom is -0.496 e. The summed E-state index contributed by atoms with van der Waals surface area (Å²) < 4.78 is 5.16. The molecule has 2 amide bonds. The van der Waals surface area contributed by atoms with Crippen LogP contribution in [0.2, 0.25) is 0 Å². The Morgan fingerprint density at radius 3 is 2.38 bits per heavy atom. The second-order valence-electron chi connectivity index (χ2n) is 6.10. The number of aliphatic carboxylic acids is 1. The number of para-hydroxylation sites is 1. The lowest BCUT2D eigenvalue weighted by Gasteiger charge is -2.24. The Hall–Kier alpha value is -2.83. The van der Waals surface area contributed by atoms with Crippen LogP contribution in [0.3, 0.4) is 0 Å². The topological polar surface area (TPSA) is 105 Å². The summed E-state index contributed by atoms with van der Waals surface area (Å²) in [4.78, 5) is 36.4. The minimum absolute atomic E-state index is 0.169. The molecule has 0 aliphatic rings. The van der Waals surface area contributed by atoms with Crippen LogP contribution < -0.4 is 15.4 Å². The van der Waals surface area contributed by atoms with E-state index in [9.17, 15) is 19.5 Å². The molecule has 0 radical (unpaired) electrons. The molecular formula is C19H26N2O5. The first-order valence-corrected chi connectivity index (χ1v) is 8.40. The molecule has 7 heteroatoms. The molecule has 0 saturated carbocycles. The summed E-state index contributed by atoms with van der Waals surface area (Å²) in [6, 6.07) is 4.75. The Morgan fingerprint density at radius 1 is 1.19 bits per heavy atom. The van der Waals surface area contributed by atoms with Crippen LogP contribution >= 0.6 is 0 Å². The number of benzene rings is 1. The summed E-state index contributed by atoms with van der Waals surface area (Å²) in [5.41, 5.74) is 0.303. The third-order valence-electron chi connectivity index (χ3n) is 3.81. The second-order valence-corrected chi connectivity index (χ2v) is 6.10. The van der Waals surface area contributed by atoms with Crippen molar-refractivity contribution < 1.29 is 24.2 Å². The number of methoxy groups -OCH3 is 1. The molecule has 0 fully saturated rings. The van der Waals surface area contributed by atoms with Gasteiger partial charge in [-0.3, -0.25) is 9.59 Å². The number of allylic oxidation sites excluding steroid dienone is 1. The Morgan fingerprint density at radius 2 is 1.85 bits per heavy atom. The Kier molecular flexibility index (Phi) is 8.34. The van der Waals surface area contributed by atoms with Gasteiger partial charge in [0, 0.05) is 0 Å². The molecule has 7 nitrogen and oxygen atoms in total. The average molecular weight is 362 g/mol. The predicted octanol–water partition coefficient (Wildman–Crippen LogP) is 1.99. The van der Waals surface area contributed by atoms with Gasteiger partial charge in [0.2, 0.25) is 5.91 Å². The lowest BCUT2D eigenvalue weighted by atomic mass is 10.0. The van der Waals surface area contributed by atoms with Gasteiger partial charge in [-0.1, -0.05) is 38.1 Å². The molecule has 2 unspecified atom stereocenters. The van der Waals surface area contributed by atoms with Gasteiger partial charge in [0.1, 0.15) is 17.8 Å². The van der Waals surface area contributed by atoms with Crippen LogP contribution in [0.5, 0.6) is 5.75 Å². The monoisotopic (exact) mass is 362 g/mol. The lowest BCUT2D eigenvalue weighted by Crippen LogP contribution is -2.53. The first kappa shape index (κ1) is 21.2. The van der Waals surface area contributed by atoms with Crippen molar-refractivity contribution in [3.05, 3.63) is 42.0 Å². The highest BCUT2D eigenvalue weighted by molar-refractivity contribution is 6.00. The standard InChI is InChI=1S/C19H26N2O5/c1-5-6-10-14(19(24)25)20-18(23)16(12(2)3)21-17(22)13-9-7-8-11-15(13)26-4/h5-9,11-12,14,16H,10H2,1-4H3,(H,20,23)(H,21,22)(H,24,25)/b6-5+. The summed E-state index contributed by atoms with van der Waals surface area (Å²) in [7, 11) is 1.46. The first-order valence-electron chi connectivity index (χ1n) is 8.40. The highest BCUT2D eigenvalue weighted by Crippen LogP contribution is 2.17. The Bertz CT molecular complexity index is 670. The van der Waals surface area contributed by atoms with E-state index in [0.29, 0.717) is 11.3 Å². The molecule has 1 aromatic rings. The zero-order valence-electron chi connectivity index (χ0n) is 15.5. The van der Waals surface area contributed by atoms with Crippen LogP contribution in [-0.4, -0.2) is 42.1 Å². The molecule has 26 heavy (non-hydrogen) atoms. The smallest absolute Gasteiger partial charge is 0.326 e. The molecule has 1 rings (SSSR count). The van der Waals surface area contributed by atoms with E-state index >= 15 is 0 Å². The number of amides is 2. The molecule has 2 atom stereocenters. The van der Waals surface area contributed by atoms with E-state index in [1.165, 1.54) is 7.11 Å². The molecule has 0 spiro atoms. The van der Waals surface area contributed by atoms with E-state index in [2.05, 4.69) is 10.6 Å². The van der Waals surface area contributed by atoms with Gasteiger partial charge in [-0.25, -0.2) is 4.79 Å². The molecule has 0 aliphatic carbocycles. The number of carbonyl (C=O) groups is 3. The van der Waals surface area contributed by atoms with E-state index in [4.69, 9.17) is 4.74 Å². The fourth-order valence-corrected chi connectivity index (χ4v) is 2.34. The number of carbonyl (C=O) groups excluding carboxylic acids is 2. The van der Waals surface area contributed by atoms with E-state index in [1.807, 2.05) is 0 Å². The maximum atomic E-state index is 12.5. The molecule has 0 bridgehead atoms. The number of nitrogens with one attached hydrogen (secondary N) is 2. The molecule has 3 N–H and O–H groups in total. The van der Waals surface area contributed by atoms with Gasteiger partial charge in [-0.15, -0.1) is 0 Å². The number of hydrogen-bond acceptors (Lipinski definition) is 4. The molecule has 0 aliphatic heterocycles. The van der Waals surface area contributed by atoms with E-state index < -0.39 is 29.9 Å². The number of carboxylic acids is 1. The number of rotatable bonds is 9.